The van der Waals surface area contributed by atoms with Crippen LogP contribution in [0.5, 0.6) is 0 Å². The fourth-order valence-corrected chi connectivity index (χ4v) is 1.35. The van der Waals surface area contributed by atoms with Crippen LogP contribution in [0.15, 0.2) is 29.4 Å². The largest absolute Gasteiger partial charge is 0.385 e. The molecule has 0 aromatic heterocycles. The first-order valence-electron chi connectivity index (χ1n) is 3.67. The van der Waals surface area contributed by atoms with Crippen molar-refractivity contribution < 1.29 is 4.39 Å². The number of rotatable bonds is 2. The predicted molar refractivity (Wildman–Crippen MR) is 57.5 cm³/mol. The molecule has 0 heterocycles. The van der Waals surface area contributed by atoms with Gasteiger partial charge >= 0.3 is 0 Å². The van der Waals surface area contributed by atoms with Gasteiger partial charge < -0.3 is 5.32 Å². The maximum Gasteiger partial charge on any atom is 0.177 e. The Morgan fingerprint density at radius 3 is 2.31 bits per heavy atom. The summed E-state index contributed by atoms with van der Waals surface area (Å²) < 4.78 is 12.8. The van der Waals surface area contributed by atoms with Crippen molar-refractivity contribution >= 4 is 29.9 Å². The summed E-state index contributed by atoms with van der Waals surface area (Å²) in [7, 11) is 1.64. The lowest BCUT2D eigenvalue weighted by atomic mass is 10.2. The van der Waals surface area contributed by atoms with Crippen molar-refractivity contribution in [3.8, 4) is 0 Å². The highest BCUT2D eigenvalue weighted by atomic mass is 35.5. The van der Waals surface area contributed by atoms with Crippen molar-refractivity contribution in [2.75, 3.05) is 7.05 Å². The average Bonchev–Trinajstić information content (AvgIpc) is 2.09. The van der Waals surface area contributed by atoms with Gasteiger partial charge in [-0.2, -0.15) is 4.39 Å². The van der Waals surface area contributed by atoms with E-state index in [2.05, 4.69) is 17.9 Å². The van der Waals surface area contributed by atoms with E-state index in [1.54, 1.807) is 31.3 Å². The van der Waals surface area contributed by atoms with E-state index in [1.807, 2.05) is 0 Å². The summed E-state index contributed by atoms with van der Waals surface area (Å²) in [6.45, 7) is 0. The predicted octanol–water partition coefficient (Wildman–Crippen LogP) is 3.08. The van der Waals surface area contributed by atoms with Crippen LogP contribution in [0.4, 0.5) is 4.39 Å². The first kappa shape index (κ1) is 10.4. The van der Waals surface area contributed by atoms with Crippen LogP contribution in [-0.4, -0.2) is 7.05 Å². The van der Waals surface area contributed by atoms with Crippen LogP contribution < -0.4 is 5.32 Å². The van der Waals surface area contributed by atoms with Crippen molar-refractivity contribution in [2.24, 2.45) is 0 Å². The summed E-state index contributed by atoms with van der Waals surface area (Å²) in [4.78, 5) is 0. The van der Waals surface area contributed by atoms with Crippen molar-refractivity contribution in [3.63, 3.8) is 0 Å². The molecule has 1 aromatic rings. The molecule has 0 atom stereocenters. The smallest absolute Gasteiger partial charge is 0.177 e. The number of hydrogen-bond donors (Lipinski definition) is 2. The van der Waals surface area contributed by atoms with Crippen molar-refractivity contribution in [3.05, 3.63) is 40.0 Å². The normalized spacial score (nSPS) is 12.3. The van der Waals surface area contributed by atoms with E-state index in [0.717, 1.165) is 5.56 Å². The Morgan fingerprint density at radius 2 is 1.92 bits per heavy atom. The number of halogens is 2. The Bertz CT molecular complexity index is 317. The highest BCUT2D eigenvalue weighted by Gasteiger charge is 2.03. The Morgan fingerprint density at radius 1 is 1.38 bits per heavy atom. The third-order valence-electron chi connectivity index (χ3n) is 1.59. The SMILES string of the molecule is CN/C(=C(/F)S)c1ccc(Cl)cc1. The third kappa shape index (κ3) is 2.64. The molecule has 1 rings (SSSR count). The molecule has 1 nitrogen and oxygen atoms in total. The minimum absolute atomic E-state index is 0.361. The van der Waals surface area contributed by atoms with Gasteiger partial charge in [0.1, 0.15) is 0 Å². The number of nitrogens with one attached hydrogen (secondary N) is 1. The molecular formula is C9H9ClFNS. The zero-order chi connectivity index (χ0) is 9.84. The maximum absolute atomic E-state index is 12.8. The van der Waals surface area contributed by atoms with E-state index < -0.39 is 5.16 Å². The zero-order valence-electron chi connectivity index (χ0n) is 7.01. The van der Waals surface area contributed by atoms with E-state index in [9.17, 15) is 4.39 Å². The third-order valence-corrected chi connectivity index (χ3v) is 2.06. The Hall–Kier alpha value is -0.670. The molecule has 1 N–H and O–H groups in total. The van der Waals surface area contributed by atoms with Crippen molar-refractivity contribution in [2.45, 2.75) is 0 Å². The summed E-state index contributed by atoms with van der Waals surface area (Å²) in [6, 6.07) is 6.85. The van der Waals surface area contributed by atoms with E-state index >= 15 is 0 Å². The van der Waals surface area contributed by atoms with Gasteiger partial charge in [-0.05, 0) is 12.1 Å². The van der Waals surface area contributed by atoms with Crippen LogP contribution in [0.1, 0.15) is 5.56 Å². The van der Waals surface area contributed by atoms with Gasteiger partial charge in [0.15, 0.2) is 5.16 Å². The van der Waals surface area contributed by atoms with E-state index in [-0.39, 0.29) is 0 Å². The lowest BCUT2D eigenvalue weighted by molar-refractivity contribution is 0.698. The number of hydrogen-bond acceptors (Lipinski definition) is 2. The monoisotopic (exact) mass is 217 g/mol. The molecule has 0 amide bonds. The molecule has 0 aliphatic heterocycles. The Labute approximate surface area is 87.0 Å². The molecule has 4 heteroatoms. The highest BCUT2D eigenvalue weighted by molar-refractivity contribution is 7.84. The molecule has 0 unspecified atom stereocenters. The molecule has 70 valence electrons. The van der Waals surface area contributed by atoms with Gasteiger partial charge in [-0.25, -0.2) is 0 Å². The molecule has 1 aromatic carbocycles. The zero-order valence-corrected chi connectivity index (χ0v) is 8.66. The summed E-state index contributed by atoms with van der Waals surface area (Å²) in [6.07, 6.45) is 0. The summed E-state index contributed by atoms with van der Waals surface area (Å²) in [5.41, 5.74) is 1.08. The van der Waals surface area contributed by atoms with Crippen molar-refractivity contribution in [1.82, 2.24) is 5.32 Å². The first-order chi connectivity index (χ1) is 6.15. The second-order valence-electron chi connectivity index (χ2n) is 2.42. The van der Waals surface area contributed by atoms with Crippen LogP contribution in [0, 0.1) is 0 Å². The van der Waals surface area contributed by atoms with Gasteiger partial charge in [-0.3, -0.25) is 0 Å². The maximum atomic E-state index is 12.8. The van der Waals surface area contributed by atoms with Gasteiger partial charge in [0.2, 0.25) is 0 Å². The lowest BCUT2D eigenvalue weighted by Crippen LogP contribution is -2.05. The number of thiol groups is 1. The van der Waals surface area contributed by atoms with Crippen LogP contribution in [0.2, 0.25) is 5.02 Å². The minimum Gasteiger partial charge on any atom is -0.385 e. The first-order valence-corrected chi connectivity index (χ1v) is 4.50. The molecule has 0 saturated heterocycles. The molecule has 0 saturated carbocycles. The van der Waals surface area contributed by atoms with Crippen LogP contribution in [-0.2, 0) is 0 Å². The van der Waals surface area contributed by atoms with Crippen LogP contribution >= 0.6 is 24.2 Å². The quantitative estimate of drug-likeness (QED) is 0.726. The average molecular weight is 218 g/mol. The van der Waals surface area contributed by atoms with Crippen molar-refractivity contribution in [1.29, 1.82) is 0 Å². The van der Waals surface area contributed by atoms with Gasteiger partial charge in [0.25, 0.3) is 0 Å². The summed E-state index contributed by atoms with van der Waals surface area (Å²) >= 11 is 9.32. The molecule has 0 aliphatic carbocycles. The highest BCUT2D eigenvalue weighted by Crippen LogP contribution is 2.20. The number of benzene rings is 1. The Balaban J connectivity index is 3.07. The molecule has 0 fully saturated rings. The van der Waals surface area contributed by atoms with Crippen LogP contribution in [0.25, 0.3) is 5.70 Å². The van der Waals surface area contributed by atoms with Gasteiger partial charge in [0, 0.05) is 17.6 Å². The van der Waals surface area contributed by atoms with Gasteiger partial charge in [-0.15, -0.1) is 12.6 Å². The molecular weight excluding hydrogens is 209 g/mol. The Kier molecular flexibility index (Phi) is 3.63. The fraction of sp³-hybridized carbons (Fsp3) is 0.111. The summed E-state index contributed by atoms with van der Waals surface area (Å²) in [5.74, 6) is 0. The molecule has 0 spiro atoms. The van der Waals surface area contributed by atoms with E-state index in [4.69, 9.17) is 11.6 Å². The second kappa shape index (κ2) is 4.53. The van der Waals surface area contributed by atoms with E-state index in [1.165, 1.54) is 0 Å². The van der Waals surface area contributed by atoms with Gasteiger partial charge in [-0.1, -0.05) is 23.7 Å². The topological polar surface area (TPSA) is 12.0 Å². The second-order valence-corrected chi connectivity index (χ2v) is 3.25. The molecule has 0 aliphatic rings. The van der Waals surface area contributed by atoms with Gasteiger partial charge in [0.05, 0.1) is 5.70 Å². The van der Waals surface area contributed by atoms with E-state index in [0.29, 0.717) is 10.7 Å². The molecule has 0 bridgehead atoms. The molecule has 13 heavy (non-hydrogen) atoms. The van der Waals surface area contributed by atoms with Crippen LogP contribution in [0.3, 0.4) is 0 Å². The summed E-state index contributed by atoms with van der Waals surface area (Å²) in [5, 5.41) is 2.81. The molecule has 0 radical (unpaired) electrons. The lowest BCUT2D eigenvalue weighted by Gasteiger charge is -2.06. The minimum atomic E-state index is -0.537. The fourth-order valence-electron chi connectivity index (χ4n) is 0.983. The standard InChI is InChI=1S/C9H9ClFNS/c1-12-8(9(11)13)6-2-4-7(10)5-3-6/h2-5,12-13H,1H3/b9-8-.